The highest BCUT2D eigenvalue weighted by Gasteiger charge is 2.24. The van der Waals surface area contributed by atoms with Crippen LogP contribution in [0.1, 0.15) is 10.5 Å². The zero-order valence-electron chi connectivity index (χ0n) is 16.0. The Hall–Kier alpha value is -3.75. The average Bonchev–Trinajstić information content (AvgIpc) is 2.80. The highest BCUT2D eigenvalue weighted by molar-refractivity contribution is 5.92. The third-order valence-electron chi connectivity index (χ3n) is 4.64. The maximum absolute atomic E-state index is 12.7. The zero-order chi connectivity index (χ0) is 20.1. The Morgan fingerprint density at radius 3 is 2.31 bits per heavy atom. The van der Waals surface area contributed by atoms with Crippen molar-refractivity contribution < 1.29 is 9.53 Å². The van der Waals surface area contributed by atoms with Crippen molar-refractivity contribution in [3.8, 4) is 5.75 Å². The van der Waals surface area contributed by atoms with Crippen molar-refractivity contribution in [1.82, 2.24) is 24.8 Å². The molecular formula is C20H21N7O2. The minimum absolute atomic E-state index is 0.123. The summed E-state index contributed by atoms with van der Waals surface area (Å²) in [5.74, 6) is 1.91. The van der Waals surface area contributed by atoms with Crippen molar-refractivity contribution in [3.05, 3.63) is 60.8 Å². The van der Waals surface area contributed by atoms with Crippen LogP contribution in [0, 0.1) is 0 Å². The van der Waals surface area contributed by atoms with Gasteiger partial charge in [-0.1, -0.05) is 0 Å². The number of hydrogen-bond acceptors (Lipinski definition) is 8. The third-order valence-corrected chi connectivity index (χ3v) is 4.64. The number of carbonyl (C=O) groups is 1. The number of anilines is 3. The molecule has 3 aromatic rings. The molecule has 1 aliphatic rings. The molecule has 1 N–H and O–H groups in total. The van der Waals surface area contributed by atoms with Crippen molar-refractivity contribution >= 4 is 23.4 Å². The number of carbonyl (C=O) groups excluding carboxylic acids is 1. The van der Waals surface area contributed by atoms with E-state index < -0.39 is 0 Å². The van der Waals surface area contributed by atoms with E-state index in [0.717, 1.165) is 11.4 Å². The number of ether oxygens (including phenoxy) is 1. The first kappa shape index (κ1) is 18.6. The lowest BCUT2D eigenvalue weighted by molar-refractivity contribution is 0.0740. The van der Waals surface area contributed by atoms with E-state index in [1.165, 1.54) is 6.20 Å². The molecule has 148 valence electrons. The summed E-state index contributed by atoms with van der Waals surface area (Å²) >= 11 is 0. The molecule has 2 aromatic heterocycles. The van der Waals surface area contributed by atoms with Gasteiger partial charge in [0, 0.05) is 44.3 Å². The van der Waals surface area contributed by atoms with Crippen molar-refractivity contribution in [3.63, 3.8) is 0 Å². The van der Waals surface area contributed by atoms with E-state index in [1.54, 1.807) is 36.7 Å². The fourth-order valence-electron chi connectivity index (χ4n) is 3.05. The number of methoxy groups -OCH3 is 1. The maximum Gasteiger partial charge on any atom is 0.274 e. The molecule has 1 saturated heterocycles. The summed E-state index contributed by atoms with van der Waals surface area (Å²) < 4.78 is 5.14. The molecule has 1 fully saturated rings. The van der Waals surface area contributed by atoms with Crippen LogP contribution in [0.15, 0.2) is 55.1 Å². The van der Waals surface area contributed by atoms with Gasteiger partial charge in [0.05, 0.1) is 19.5 Å². The van der Waals surface area contributed by atoms with Gasteiger partial charge in [-0.2, -0.15) is 0 Å². The van der Waals surface area contributed by atoms with Crippen molar-refractivity contribution in [2.75, 3.05) is 43.5 Å². The first-order valence-electron chi connectivity index (χ1n) is 9.27. The van der Waals surface area contributed by atoms with Gasteiger partial charge in [-0.25, -0.2) is 19.9 Å². The van der Waals surface area contributed by atoms with Crippen LogP contribution in [-0.4, -0.2) is 64.0 Å². The Bertz CT molecular complexity index is 941. The minimum Gasteiger partial charge on any atom is -0.497 e. The van der Waals surface area contributed by atoms with Gasteiger partial charge in [-0.05, 0) is 30.3 Å². The largest absolute Gasteiger partial charge is 0.497 e. The summed E-state index contributed by atoms with van der Waals surface area (Å²) in [6.45, 7) is 2.54. The molecule has 0 aliphatic carbocycles. The molecule has 9 nitrogen and oxygen atoms in total. The van der Waals surface area contributed by atoms with Crippen LogP contribution in [-0.2, 0) is 0 Å². The smallest absolute Gasteiger partial charge is 0.274 e. The lowest BCUT2D eigenvalue weighted by atomic mass is 10.3. The third kappa shape index (κ3) is 4.40. The fourth-order valence-corrected chi connectivity index (χ4v) is 3.05. The maximum atomic E-state index is 12.7. The van der Waals surface area contributed by atoms with Crippen LogP contribution in [0.25, 0.3) is 0 Å². The van der Waals surface area contributed by atoms with Crippen LogP contribution >= 0.6 is 0 Å². The SMILES string of the molecule is COc1ccc(Nc2cnc(C(=O)N3CCN(c4ncccn4)CC3)cn2)cc1. The van der Waals surface area contributed by atoms with Crippen LogP contribution in [0.2, 0.25) is 0 Å². The monoisotopic (exact) mass is 391 g/mol. The van der Waals surface area contributed by atoms with E-state index >= 15 is 0 Å². The quantitative estimate of drug-likeness (QED) is 0.705. The fraction of sp³-hybridized carbons (Fsp3) is 0.250. The predicted molar refractivity (Wildman–Crippen MR) is 108 cm³/mol. The average molecular weight is 391 g/mol. The van der Waals surface area contributed by atoms with Crippen LogP contribution in [0.3, 0.4) is 0 Å². The van der Waals surface area contributed by atoms with E-state index in [0.29, 0.717) is 43.6 Å². The van der Waals surface area contributed by atoms with E-state index in [9.17, 15) is 4.79 Å². The number of nitrogens with zero attached hydrogens (tertiary/aromatic N) is 6. The highest BCUT2D eigenvalue weighted by atomic mass is 16.5. The topological polar surface area (TPSA) is 96.4 Å². The van der Waals surface area contributed by atoms with Gasteiger partial charge < -0.3 is 19.9 Å². The molecule has 0 radical (unpaired) electrons. The Morgan fingerprint density at radius 2 is 1.69 bits per heavy atom. The second-order valence-corrected chi connectivity index (χ2v) is 6.47. The Balaban J connectivity index is 1.34. The van der Waals surface area contributed by atoms with Gasteiger partial charge in [0.1, 0.15) is 17.3 Å². The molecule has 1 aliphatic heterocycles. The zero-order valence-corrected chi connectivity index (χ0v) is 16.0. The normalized spacial score (nSPS) is 13.8. The van der Waals surface area contributed by atoms with Crippen LogP contribution in [0.5, 0.6) is 5.75 Å². The van der Waals surface area contributed by atoms with Gasteiger partial charge >= 0.3 is 0 Å². The van der Waals surface area contributed by atoms with Gasteiger partial charge in [0.25, 0.3) is 5.91 Å². The molecule has 29 heavy (non-hydrogen) atoms. The standard InChI is InChI=1S/C20H21N7O2/c1-29-16-5-3-15(4-6-16)25-18-14-23-17(13-24-18)19(28)26-9-11-27(12-10-26)20-21-7-2-8-22-20/h2-8,13-14H,9-12H2,1H3,(H,24,25). The molecule has 0 saturated carbocycles. The number of benzene rings is 1. The molecule has 1 aromatic carbocycles. The highest BCUT2D eigenvalue weighted by Crippen LogP contribution is 2.18. The first-order chi connectivity index (χ1) is 14.2. The summed E-state index contributed by atoms with van der Waals surface area (Å²) in [7, 11) is 1.62. The van der Waals surface area contributed by atoms with Crippen molar-refractivity contribution in [1.29, 1.82) is 0 Å². The molecule has 0 bridgehead atoms. The summed E-state index contributed by atoms with van der Waals surface area (Å²) in [6, 6.07) is 9.27. The number of nitrogens with one attached hydrogen (secondary N) is 1. The molecular weight excluding hydrogens is 370 g/mol. The van der Waals surface area contributed by atoms with Gasteiger partial charge in [0.15, 0.2) is 0 Å². The predicted octanol–water partition coefficient (Wildman–Crippen LogP) is 1.98. The van der Waals surface area contributed by atoms with E-state index in [4.69, 9.17) is 4.74 Å². The summed E-state index contributed by atoms with van der Waals surface area (Å²) in [6.07, 6.45) is 6.50. The second kappa shape index (κ2) is 8.51. The van der Waals surface area contributed by atoms with Crippen molar-refractivity contribution in [2.45, 2.75) is 0 Å². The molecule has 0 spiro atoms. The Labute approximate surface area is 168 Å². The molecule has 9 heteroatoms. The molecule has 4 rings (SSSR count). The van der Waals surface area contributed by atoms with E-state index in [-0.39, 0.29) is 5.91 Å². The van der Waals surface area contributed by atoms with Crippen LogP contribution < -0.4 is 15.0 Å². The van der Waals surface area contributed by atoms with Gasteiger partial charge in [-0.3, -0.25) is 4.79 Å². The van der Waals surface area contributed by atoms with E-state index in [2.05, 4.69) is 30.2 Å². The first-order valence-corrected chi connectivity index (χ1v) is 9.27. The Kier molecular flexibility index (Phi) is 5.46. The number of amides is 1. The second-order valence-electron chi connectivity index (χ2n) is 6.47. The molecule has 0 unspecified atom stereocenters. The van der Waals surface area contributed by atoms with Gasteiger partial charge in [-0.15, -0.1) is 0 Å². The summed E-state index contributed by atoms with van der Waals surface area (Å²) in [4.78, 5) is 33.7. The lowest BCUT2D eigenvalue weighted by Crippen LogP contribution is -2.49. The van der Waals surface area contributed by atoms with Gasteiger partial charge in [0.2, 0.25) is 5.95 Å². The van der Waals surface area contributed by atoms with Crippen molar-refractivity contribution in [2.24, 2.45) is 0 Å². The van der Waals surface area contributed by atoms with E-state index in [1.807, 2.05) is 24.3 Å². The molecule has 1 amide bonds. The number of piperazine rings is 1. The van der Waals surface area contributed by atoms with Crippen LogP contribution in [0.4, 0.5) is 17.5 Å². The summed E-state index contributed by atoms with van der Waals surface area (Å²) in [5, 5.41) is 3.15. The molecule has 0 atom stereocenters. The lowest BCUT2D eigenvalue weighted by Gasteiger charge is -2.34. The number of hydrogen-bond donors (Lipinski definition) is 1. The number of rotatable bonds is 5. The number of aromatic nitrogens is 4. The minimum atomic E-state index is -0.123. The Morgan fingerprint density at radius 1 is 0.966 bits per heavy atom. The summed E-state index contributed by atoms with van der Waals surface area (Å²) in [5.41, 5.74) is 1.19. The molecule has 3 heterocycles.